The second-order valence-corrected chi connectivity index (χ2v) is 9.54. The maximum Gasteiger partial charge on any atom is 0.410 e. The summed E-state index contributed by atoms with van der Waals surface area (Å²) in [6, 6.07) is 16.9. The zero-order valence-corrected chi connectivity index (χ0v) is 20.4. The molecule has 0 bridgehead atoms. The fourth-order valence-corrected chi connectivity index (χ4v) is 3.97. The Balaban J connectivity index is 1.52. The third kappa shape index (κ3) is 5.95. The zero-order valence-electron chi connectivity index (χ0n) is 20.4. The quantitative estimate of drug-likeness (QED) is 0.560. The minimum Gasteiger partial charge on any atom is -0.444 e. The third-order valence-corrected chi connectivity index (χ3v) is 5.71. The smallest absolute Gasteiger partial charge is 0.410 e. The van der Waals surface area contributed by atoms with Gasteiger partial charge in [-0.05, 0) is 51.0 Å². The molecule has 0 atom stereocenters. The lowest BCUT2D eigenvalue weighted by atomic mass is 10.0. The average Bonchev–Trinajstić information content (AvgIpc) is 3.10. The molecular weight excluding hydrogens is 442 g/mol. The summed E-state index contributed by atoms with van der Waals surface area (Å²) < 4.78 is 5.52. The second kappa shape index (κ2) is 10.1. The molecule has 4 rings (SSSR count). The predicted molar refractivity (Wildman–Crippen MR) is 136 cm³/mol. The number of nitrogens with zero attached hydrogens (tertiary/aromatic N) is 4. The molecule has 3 aromatic rings. The van der Waals surface area contributed by atoms with E-state index in [1.54, 1.807) is 23.2 Å². The monoisotopic (exact) mass is 473 g/mol. The number of amides is 1. The van der Waals surface area contributed by atoms with Gasteiger partial charge in [0, 0.05) is 37.9 Å². The maximum atomic E-state index is 13.4. The van der Waals surface area contributed by atoms with Crippen LogP contribution in [0.25, 0.3) is 11.1 Å². The number of rotatable bonds is 4. The molecule has 2 aromatic heterocycles. The topological polar surface area (TPSA) is 102 Å². The maximum absolute atomic E-state index is 13.4. The van der Waals surface area contributed by atoms with Gasteiger partial charge in [0.25, 0.3) is 0 Å². The first kappa shape index (κ1) is 24.2. The first-order chi connectivity index (χ1) is 16.7. The van der Waals surface area contributed by atoms with Gasteiger partial charge in [0.15, 0.2) is 0 Å². The number of hydrogen-bond donors (Lipinski definition) is 1. The zero-order chi connectivity index (χ0) is 25.0. The molecule has 0 aliphatic carbocycles. The van der Waals surface area contributed by atoms with Crippen LogP contribution < -0.4 is 10.6 Å². The minimum atomic E-state index is -0.534. The Morgan fingerprint density at radius 2 is 1.71 bits per heavy atom. The highest BCUT2D eigenvalue weighted by atomic mass is 16.6. The molecule has 8 heteroatoms. The highest BCUT2D eigenvalue weighted by Crippen LogP contribution is 2.24. The van der Waals surface area contributed by atoms with Crippen LogP contribution in [0, 0.1) is 0 Å². The number of hydrogen-bond acceptors (Lipinski definition) is 7. The molecule has 0 radical (unpaired) electrons. The van der Waals surface area contributed by atoms with E-state index in [-0.39, 0.29) is 17.7 Å². The average molecular weight is 474 g/mol. The molecule has 1 aliphatic heterocycles. The van der Waals surface area contributed by atoms with E-state index in [2.05, 4.69) is 14.9 Å². The molecule has 1 aromatic carbocycles. The van der Waals surface area contributed by atoms with Gasteiger partial charge in [-0.2, -0.15) is 0 Å². The molecule has 0 unspecified atom stereocenters. The van der Waals surface area contributed by atoms with Crippen LogP contribution in [-0.2, 0) is 4.74 Å². The van der Waals surface area contributed by atoms with Crippen molar-refractivity contribution in [3.05, 3.63) is 72.1 Å². The Morgan fingerprint density at radius 3 is 2.46 bits per heavy atom. The molecule has 0 spiro atoms. The summed E-state index contributed by atoms with van der Waals surface area (Å²) in [4.78, 5) is 38.5. The van der Waals surface area contributed by atoms with Gasteiger partial charge in [0.05, 0.1) is 5.56 Å². The summed E-state index contributed by atoms with van der Waals surface area (Å²) >= 11 is 0. The Hall–Kier alpha value is -3.94. The summed E-state index contributed by atoms with van der Waals surface area (Å²) in [6.07, 6.45) is 2.13. The Morgan fingerprint density at radius 1 is 0.943 bits per heavy atom. The summed E-state index contributed by atoms with van der Waals surface area (Å²) in [7, 11) is 0. The molecule has 35 heavy (non-hydrogen) atoms. The number of ketones is 1. The van der Waals surface area contributed by atoms with E-state index in [0.717, 1.165) is 24.1 Å². The Labute approximate surface area is 205 Å². The van der Waals surface area contributed by atoms with E-state index in [0.29, 0.717) is 36.7 Å². The number of nitrogen functional groups attached to an aromatic ring is 1. The number of carbonyl (C=O) groups excluding carboxylic acids is 2. The summed E-state index contributed by atoms with van der Waals surface area (Å²) in [5.41, 5.74) is 7.93. The molecule has 8 nitrogen and oxygen atoms in total. The standard InChI is InChI=1S/C27H31N5O3/c1-27(2,3)35-26(34)32-14-8-13-31(15-16-32)23-12-7-11-22(30-23)24(33)21-17-20(18-29-25(21)28)19-9-5-4-6-10-19/h4-7,9-12,17-18H,8,13-16H2,1-3H3,(H2,28,29). The minimum absolute atomic E-state index is 0.171. The molecule has 1 amide bonds. The van der Waals surface area contributed by atoms with Gasteiger partial charge in [-0.1, -0.05) is 36.4 Å². The molecule has 3 heterocycles. The third-order valence-electron chi connectivity index (χ3n) is 5.71. The Kier molecular flexibility index (Phi) is 7.00. The van der Waals surface area contributed by atoms with Crippen molar-refractivity contribution in [2.75, 3.05) is 36.8 Å². The normalized spacial score (nSPS) is 14.4. The molecule has 1 fully saturated rings. The lowest BCUT2D eigenvalue weighted by molar-refractivity contribution is 0.0263. The van der Waals surface area contributed by atoms with E-state index in [1.807, 2.05) is 63.2 Å². The second-order valence-electron chi connectivity index (χ2n) is 9.54. The van der Waals surface area contributed by atoms with E-state index in [9.17, 15) is 9.59 Å². The Bertz CT molecular complexity index is 1210. The van der Waals surface area contributed by atoms with Crippen molar-refractivity contribution in [2.24, 2.45) is 0 Å². The number of nitrogens with two attached hydrogens (primary N) is 1. The SMILES string of the molecule is CC(C)(C)OC(=O)N1CCCN(c2cccc(C(=O)c3cc(-c4ccccc4)cnc3N)n2)CC1. The van der Waals surface area contributed by atoms with E-state index in [4.69, 9.17) is 10.5 Å². The largest absolute Gasteiger partial charge is 0.444 e. The van der Waals surface area contributed by atoms with Crippen molar-refractivity contribution in [2.45, 2.75) is 32.8 Å². The van der Waals surface area contributed by atoms with Gasteiger partial charge in [0.1, 0.15) is 22.9 Å². The number of carbonyl (C=O) groups is 2. The van der Waals surface area contributed by atoms with Gasteiger partial charge in [-0.15, -0.1) is 0 Å². The number of ether oxygens (including phenoxy) is 1. The summed E-state index contributed by atoms with van der Waals surface area (Å²) in [6.45, 7) is 8.02. The van der Waals surface area contributed by atoms with Crippen molar-refractivity contribution < 1.29 is 14.3 Å². The molecule has 182 valence electrons. The lowest BCUT2D eigenvalue weighted by Gasteiger charge is -2.26. The van der Waals surface area contributed by atoms with E-state index < -0.39 is 5.60 Å². The van der Waals surface area contributed by atoms with Crippen LogP contribution in [0.4, 0.5) is 16.4 Å². The van der Waals surface area contributed by atoms with Gasteiger partial charge in [0.2, 0.25) is 5.78 Å². The number of aromatic nitrogens is 2. The molecule has 0 saturated carbocycles. The van der Waals surface area contributed by atoms with Crippen LogP contribution in [0.15, 0.2) is 60.8 Å². The fourth-order valence-electron chi connectivity index (χ4n) is 3.97. The van der Waals surface area contributed by atoms with Crippen molar-refractivity contribution in [1.29, 1.82) is 0 Å². The van der Waals surface area contributed by atoms with E-state index in [1.165, 1.54) is 0 Å². The lowest BCUT2D eigenvalue weighted by Crippen LogP contribution is -2.39. The van der Waals surface area contributed by atoms with Crippen LogP contribution in [0.3, 0.4) is 0 Å². The number of benzene rings is 1. The number of anilines is 2. The molecule has 2 N–H and O–H groups in total. The summed E-state index contributed by atoms with van der Waals surface area (Å²) in [5, 5.41) is 0. The van der Waals surface area contributed by atoms with Crippen LogP contribution in [0.2, 0.25) is 0 Å². The van der Waals surface area contributed by atoms with Crippen molar-refractivity contribution in [3.8, 4) is 11.1 Å². The molecule has 1 aliphatic rings. The van der Waals surface area contributed by atoms with Gasteiger partial charge < -0.3 is 20.3 Å². The van der Waals surface area contributed by atoms with Crippen molar-refractivity contribution in [3.63, 3.8) is 0 Å². The van der Waals surface area contributed by atoms with Gasteiger partial charge in [-0.25, -0.2) is 14.8 Å². The van der Waals surface area contributed by atoms with E-state index >= 15 is 0 Å². The van der Waals surface area contributed by atoms with Crippen LogP contribution in [-0.4, -0.2) is 58.5 Å². The molecule has 1 saturated heterocycles. The number of pyridine rings is 2. The van der Waals surface area contributed by atoms with Gasteiger partial charge in [-0.3, -0.25) is 4.79 Å². The van der Waals surface area contributed by atoms with Crippen molar-refractivity contribution >= 4 is 23.5 Å². The molecular formula is C27H31N5O3. The highest BCUT2D eigenvalue weighted by Gasteiger charge is 2.25. The predicted octanol–water partition coefficient (Wildman–Crippen LogP) is 4.40. The highest BCUT2D eigenvalue weighted by molar-refractivity contribution is 6.11. The first-order valence-corrected chi connectivity index (χ1v) is 11.8. The fraction of sp³-hybridized carbons (Fsp3) is 0.333. The van der Waals surface area contributed by atoms with Crippen LogP contribution in [0.5, 0.6) is 0 Å². The van der Waals surface area contributed by atoms with Crippen LogP contribution in [0.1, 0.15) is 43.2 Å². The van der Waals surface area contributed by atoms with Gasteiger partial charge >= 0.3 is 6.09 Å². The first-order valence-electron chi connectivity index (χ1n) is 11.8. The van der Waals surface area contributed by atoms with Crippen molar-refractivity contribution in [1.82, 2.24) is 14.9 Å². The van der Waals surface area contributed by atoms with Crippen LogP contribution >= 0.6 is 0 Å². The summed E-state index contributed by atoms with van der Waals surface area (Å²) in [5.74, 6) is 0.581.